The highest BCUT2D eigenvalue weighted by molar-refractivity contribution is 5.94. The van der Waals surface area contributed by atoms with Crippen molar-refractivity contribution >= 4 is 23.1 Å². The van der Waals surface area contributed by atoms with Crippen molar-refractivity contribution < 1.29 is 23.5 Å². The number of amides is 1. The molecule has 1 amide bonds. The van der Waals surface area contributed by atoms with Crippen molar-refractivity contribution in [1.82, 2.24) is 19.8 Å². The van der Waals surface area contributed by atoms with Crippen LogP contribution in [0.2, 0.25) is 0 Å². The highest BCUT2D eigenvalue weighted by Gasteiger charge is 2.49. The Kier molecular flexibility index (Phi) is 7.73. The van der Waals surface area contributed by atoms with Crippen LogP contribution in [0.5, 0.6) is 0 Å². The van der Waals surface area contributed by atoms with Crippen molar-refractivity contribution in [3.05, 3.63) is 61.7 Å². The summed E-state index contributed by atoms with van der Waals surface area (Å²) in [6, 6.07) is 3.04. The molecule has 2 aromatic heterocycles. The van der Waals surface area contributed by atoms with E-state index in [1.807, 2.05) is 20.0 Å². The fraction of sp³-hybridized carbons (Fsp3) is 0.515. The number of fused-ring (bicyclic) bond motifs is 4. The second kappa shape index (κ2) is 11.2. The molecule has 2 atom stereocenters. The van der Waals surface area contributed by atoms with E-state index in [9.17, 15) is 14.4 Å². The summed E-state index contributed by atoms with van der Waals surface area (Å²) in [5.74, 6) is -0.851. The third kappa shape index (κ3) is 4.45. The van der Waals surface area contributed by atoms with Crippen LogP contribution in [0.1, 0.15) is 84.4 Å². The fourth-order valence-corrected chi connectivity index (χ4v) is 7.33. The molecule has 1 aromatic carbocycles. The molecule has 0 saturated heterocycles. The molecule has 0 radical (unpaired) electrons. The number of nitrogens with one attached hydrogen (secondary N) is 1. The van der Waals surface area contributed by atoms with Crippen molar-refractivity contribution in [1.29, 1.82) is 0 Å². The molecular weight excluding hydrogens is 551 g/mol. The van der Waals surface area contributed by atoms with E-state index in [1.165, 1.54) is 13.2 Å². The molecular formula is C33H39FN4O5. The van der Waals surface area contributed by atoms with E-state index in [0.29, 0.717) is 65.7 Å². The summed E-state index contributed by atoms with van der Waals surface area (Å²) < 4.78 is 28.4. The van der Waals surface area contributed by atoms with Gasteiger partial charge in [-0.15, -0.1) is 0 Å². The zero-order chi connectivity index (χ0) is 30.6. The van der Waals surface area contributed by atoms with Crippen LogP contribution in [-0.4, -0.2) is 60.2 Å². The fourth-order valence-electron chi connectivity index (χ4n) is 7.33. The van der Waals surface area contributed by atoms with Gasteiger partial charge >= 0.3 is 0 Å². The summed E-state index contributed by atoms with van der Waals surface area (Å²) in [5, 5.41) is 3.85. The van der Waals surface area contributed by atoms with E-state index in [1.54, 1.807) is 23.4 Å². The highest BCUT2D eigenvalue weighted by Crippen LogP contribution is 2.48. The molecule has 2 unspecified atom stereocenters. The third-order valence-electron chi connectivity index (χ3n) is 9.86. The molecule has 3 aromatic rings. The molecule has 1 saturated carbocycles. The molecule has 6 rings (SSSR count). The molecule has 10 heteroatoms. The van der Waals surface area contributed by atoms with Gasteiger partial charge in [0.2, 0.25) is 0 Å². The molecule has 9 nitrogen and oxygen atoms in total. The van der Waals surface area contributed by atoms with Gasteiger partial charge in [-0.25, -0.2) is 9.37 Å². The van der Waals surface area contributed by atoms with Crippen LogP contribution in [0.25, 0.3) is 22.3 Å². The average molecular weight is 591 g/mol. The maximum atomic E-state index is 15.2. The Morgan fingerprint density at radius 1 is 1.33 bits per heavy atom. The Labute approximate surface area is 250 Å². The maximum absolute atomic E-state index is 15.2. The molecule has 2 aliphatic carbocycles. The van der Waals surface area contributed by atoms with Crippen molar-refractivity contribution in [3.63, 3.8) is 0 Å². The number of nitrogens with zero attached hydrogens (tertiary/aromatic N) is 3. The normalized spacial score (nSPS) is 18.6. The van der Waals surface area contributed by atoms with Gasteiger partial charge in [-0.2, -0.15) is 0 Å². The van der Waals surface area contributed by atoms with E-state index in [4.69, 9.17) is 14.5 Å². The quantitative estimate of drug-likeness (QED) is 0.217. The van der Waals surface area contributed by atoms with Crippen molar-refractivity contribution in [2.45, 2.75) is 83.1 Å². The number of benzene rings is 1. The van der Waals surface area contributed by atoms with E-state index in [0.717, 1.165) is 34.8 Å². The number of carbonyl (C=O) groups is 2. The lowest BCUT2D eigenvalue weighted by molar-refractivity contribution is -0.174. The smallest absolute Gasteiger partial charge is 0.257 e. The third-order valence-corrected chi connectivity index (χ3v) is 9.86. The number of hydrogen-bond acceptors (Lipinski definition) is 7. The number of aldehydes is 1. The number of hydrogen-bond donors (Lipinski definition) is 1. The molecule has 1 aliphatic heterocycles. The zero-order valence-corrected chi connectivity index (χ0v) is 25.5. The highest BCUT2D eigenvalue weighted by atomic mass is 19.1. The van der Waals surface area contributed by atoms with Gasteiger partial charge in [0.25, 0.3) is 11.5 Å². The van der Waals surface area contributed by atoms with E-state index >= 15 is 4.39 Å². The van der Waals surface area contributed by atoms with Gasteiger partial charge in [0.1, 0.15) is 17.7 Å². The van der Waals surface area contributed by atoms with Gasteiger partial charge in [-0.05, 0) is 80.8 Å². The SMILES string of the molecule is CCC(C=O)c1cc2n(c(=O)c1COC)Cc1c-2nc2cc(F)c(C)c3c2c1C(N(C)C(=O)C1(OCNC)CCC1)CC3. The second-order valence-electron chi connectivity index (χ2n) is 12.1. The number of halogens is 1. The number of likely N-dealkylation sites (N-methyl/N-ethyl adjacent to an activating group) is 1. The first-order valence-electron chi connectivity index (χ1n) is 15.1. The van der Waals surface area contributed by atoms with Crippen LogP contribution in [0.15, 0.2) is 16.9 Å². The van der Waals surface area contributed by atoms with E-state index in [-0.39, 0.29) is 43.2 Å². The molecule has 3 heterocycles. The summed E-state index contributed by atoms with van der Waals surface area (Å²) in [6.07, 6.45) is 4.87. The molecule has 3 aliphatic rings. The van der Waals surface area contributed by atoms with Crippen molar-refractivity contribution in [3.8, 4) is 11.4 Å². The minimum atomic E-state index is -0.861. The lowest BCUT2D eigenvalue weighted by Gasteiger charge is -2.45. The van der Waals surface area contributed by atoms with Crippen LogP contribution in [0.4, 0.5) is 4.39 Å². The first-order valence-corrected chi connectivity index (χ1v) is 15.1. The van der Waals surface area contributed by atoms with Crippen LogP contribution < -0.4 is 10.9 Å². The number of ether oxygens (including phenoxy) is 2. The largest absolute Gasteiger partial charge is 0.380 e. The first-order chi connectivity index (χ1) is 20.7. The van der Waals surface area contributed by atoms with Crippen molar-refractivity contribution in [2.75, 3.05) is 27.9 Å². The summed E-state index contributed by atoms with van der Waals surface area (Å²) in [6.45, 7) is 4.33. The Bertz CT molecular complexity index is 1700. The minimum absolute atomic E-state index is 0.0610. The molecule has 1 N–H and O–H groups in total. The first kappa shape index (κ1) is 29.6. The van der Waals surface area contributed by atoms with Crippen LogP contribution in [0.3, 0.4) is 0 Å². The van der Waals surface area contributed by atoms with Gasteiger partial charge in [0.15, 0.2) is 0 Å². The van der Waals surface area contributed by atoms with Gasteiger partial charge in [0.05, 0.1) is 42.8 Å². The molecule has 0 spiro atoms. The monoisotopic (exact) mass is 590 g/mol. The standard InChI is InChI=1S/C33H39FN4O5/c1-6-19(15-39)21-12-27-30-22(14-38(27)31(40)23(21)16-42-5)29-26(37(4)32(41)33(10-7-11-33)43-17-35-3)9-8-20-18(2)24(34)13-25(36-30)28(20)29/h12-13,15,19,26,35H,6-11,14,16-17H2,1-5H3. The van der Waals surface area contributed by atoms with E-state index < -0.39 is 11.5 Å². The number of aryl methyl sites for hydroxylation is 1. The minimum Gasteiger partial charge on any atom is -0.380 e. The van der Waals surface area contributed by atoms with Gasteiger partial charge < -0.3 is 23.7 Å². The van der Waals surface area contributed by atoms with Crippen LogP contribution >= 0.6 is 0 Å². The molecule has 0 bridgehead atoms. The Balaban J connectivity index is 1.57. The molecule has 228 valence electrons. The van der Waals surface area contributed by atoms with Gasteiger partial charge in [-0.1, -0.05) is 6.92 Å². The number of pyridine rings is 2. The lowest BCUT2D eigenvalue weighted by atomic mass is 9.77. The second-order valence-corrected chi connectivity index (χ2v) is 12.1. The topological polar surface area (TPSA) is 103 Å². The van der Waals surface area contributed by atoms with Gasteiger partial charge in [0, 0.05) is 42.7 Å². The lowest BCUT2D eigenvalue weighted by Crippen LogP contribution is -2.55. The van der Waals surface area contributed by atoms with Crippen molar-refractivity contribution in [2.24, 2.45) is 0 Å². The zero-order valence-electron chi connectivity index (χ0n) is 25.5. The van der Waals surface area contributed by atoms with Crippen LogP contribution in [0, 0.1) is 12.7 Å². The predicted octanol–water partition coefficient (Wildman–Crippen LogP) is 4.27. The Hall–Kier alpha value is -3.47. The Morgan fingerprint density at radius 2 is 2.09 bits per heavy atom. The summed E-state index contributed by atoms with van der Waals surface area (Å²) in [5.41, 5.74) is 4.97. The summed E-state index contributed by atoms with van der Waals surface area (Å²) in [7, 11) is 5.15. The number of aromatic nitrogens is 2. The molecule has 43 heavy (non-hydrogen) atoms. The number of carbonyl (C=O) groups excluding carboxylic acids is 2. The predicted molar refractivity (Wildman–Crippen MR) is 160 cm³/mol. The number of methoxy groups -OCH3 is 1. The summed E-state index contributed by atoms with van der Waals surface area (Å²) in [4.78, 5) is 46.8. The van der Waals surface area contributed by atoms with E-state index in [2.05, 4.69) is 5.32 Å². The maximum Gasteiger partial charge on any atom is 0.257 e. The summed E-state index contributed by atoms with van der Waals surface area (Å²) >= 11 is 0. The van der Waals surface area contributed by atoms with Gasteiger partial charge in [-0.3, -0.25) is 14.9 Å². The number of rotatable bonds is 10. The molecule has 1 fully saturated rings. The Morgan fingerprint density at radius 3 is 2.72 bits per heavy atom. The average Bonchev–Trinajstić information content (AvgIpc) is 3.35. The van der Waals surface area contributed by atoms with Crippen LogP contribution in [-0.2, 0) is 38.6 Å².